The Kier molecular flexibility index (Phi) is 6.90. The lowest BCUT2D eigenvalue weighted by molar-refractivity contribution is -0.0453. The van der Waals surface area contributed by atoms with Gasteiger partial charge in [0.2, 0.25) is 0 Å². The Balaban J connectivity index is 1.28. The molecule has 7 nitrogen and oxygen atoms in total. The van der Waals surface area contributed by atoms with Crippen LogP contribution in [0.1, 0.15) is 30.4 Å². The van der Waals surface area contributed by atoms with Crippen molar-refractivity contribution in [1.82, 2.24) is 15.5 Å². The van der Waals surface area contributed by atoms with Gasteiger partial charge in [-0.15, -0.1) is 0 Å². The normalized spacial score (nSPS) is 27.7. The van der Waals surface area contributed by atoms with E-state index in [1.54, 1.807) is 7.05 Å². The highest BCUT2D eigenvalue weighted by Gasteiger charge is 2.32. The van der Waals surface area contributed by atoms with Crippen LogP contribution < -0.4 is 15.4 Å². The molecule has 0 aromatic heterocycles. The van der Waals surface area contributed by atoms with Gasteiger partial charge in [0.15, 0.2) is 5.96 Å². The average Bonchev–Trinajstić information content (AvgIpc) is 3.40. The molecule has 3 atom stereocenters. The van der Waals surface area contributed by atoms with Crippen molar-refractivity contribution in [2.24, 2.45) is 4.99 Å². The minimum atomic E-state index is 0.144. The Hall–Kier alpha value is -1.83. The van der Waals surface area contributed by atoms with Gasteiger partial charge in [0.25, 0.3) is 0 Å². The van der Waals surface area contributed by atoms with E-state index in [0.29, 0.717) is 19.2 Å². The third kappa shape index (κ3) is 5.41. The fourth-order valence-corrected chi connectivity index (χ4v) is 4.32. The summed E-state index contributed by atoms with van der Waals surface area (Å²) in [7, 11) is 1.80. The summed E-state index contributed by atoms with van der Waals surface area (Å²) in [4.78, 5) is 6.93. The fourth-order valence-electron chi connectivity index (χ4n) is 4.32. The number of ether oxygens (including phenoxy) is 3. The number of benzene rings is 1. The first-order valence-electron chi connectivity index (χ1n) is 10.9. The van der Waals surface area contributed by atoms with E-state index < -0.39 is 0 Å². The van der Waals surface area contributed by atoms with Crippen LogP contribution >= 0.6 is 0 Å². The highest BCUT2D eigenvalue weighted by atomic mass is 16.5. The molecule has 29 heavy (non-hydrogen) atoms. The molecule has 0 saturated carbocycles. The van der Waals surface area contributed by atoms with Crippen LogP contribution in [0.5, 0.6) is 5.75 Å². The number of aryl methyl sites for hydroxylation is 1. The molecule has 3 heterocycles. The summed E-state index contributed by atoms with van der Waals surface area (Å²) in [5, 5.41) is 6.83. The van der Waals surface area contributed by atoms with E-state index in [-0.39, 0.29) is 12.2 Å². The van der Waals surface area contributed by atoms with Crippen molar-refractivity contribution in [3.63, 3.8) is 0 Å². The van der Waals surface area contributed by atoms with Crippen LogP contribution in [-0.4, -0.2) is 75.6 Å². The van der Waals surface area contributed by atoms with Crippen LogP contribution in [0.4, 0.5) is 0 Å². The molecule has 3 aliphatic heterocycles. The second-order valence-corrected chi connectivity index (χ2v) is 8.27. The van der Waals surface area contributed by atoms with E-state index in [1.807, 2.05) is 0 Å². The molecule has 4 rings (SSSR count). The summed E-state index contributed by atoms with van der Waals surface area (Å²) in [5.74, 6) is 1.71. The van der Waals surface area contributed by atoms with Crippen molar-refractivity contribution in [1.29, 1.82) is 0 Å². The number of guanidine groups is 1. The predicted molar refractivity (Wildman–Crippen MR) is 114 cm³/mol. The van der Waals surface area contributed by atoms with Gasteiger partial charge in [-0.1, -0.05) is 12.1 Å². The van der Waals surface area contributed by atoms with Crippen LogP contribution in [0.2, 0.25) is 0 Å². The Morgan fingerprint density at radius 3 is 3.03 bits per heavy atom. The summed E-state index contributed by atoms with van der Waals surface area (Å²) in [5.41, 5.74) is 2.32. The van der Waals surface area contributed by atoms with E-state index in [1.165, 1.54) is 24.9 Å². The molecule has 0 spiro atoms. The van der Waals surface area contributed by atoms with E-state index in [4.69, 9.17) is 14.2 Å². The zero-order valence-corrected chi connectivity index (χ0v) is 17.7. The Morgan fingerprint density at radius 2 is 2.21 bits per heavy atom. The smallest absolute Gasteiger partial charge is 0.191 e. The number of hydrogen-bond acceptors (Lipinski definition) is 5. The van der Waals surface area contributed by atoms with E-state index in [2.05, 4.69) is 45.6 Å². The molecular formula is C22H34N4O3. The number of rotatable bonds is 6. The zero-order valence-electron chi connectivity index (χ0n) is 17.7. The van der Waals surface area contributed by atoms with Gasteiger partial charge < -0.3 is 24.8 Å². The second-order valence-electron chi connectivity index (χ2n) is 8.27. The van der Waals surface area contributed by atoms with Crippen LogP contribution in [0.15, 0.2) is 23.2 Å². The number of nitrogens with zero attached hydrogens (tertiary/aromatic N) is 2. The number of morpholine rings is 1. The fraction of sp³-hybridized carbons (Fsp3) is 0.682. The largest absolute Gasteiger partial charge is 0.488 e. The molecule has 160 valence electrons. The SMILES string of the molecule is CN=C(NCc1ccc(C)cc1OC1CCOC1)NCC1CN2CCCC2CO1. The molecule has 0 bridgehead atoms. The predicted octanol–water partition coefficient (Wildman–Crippen LogP) is 1.69. The quantitative estimate of drug-likeness (QED) is 0.558. The van der Waals surface area contributed by atoms with Gasteiger partial charge in [0, 0.05) is 44.7 Å². The summed E-state index contributed by atoms with van der Waals surface area (Å²) in [6.45, 7) is 8.03. The molecule has 3 fully saturated rings. The standard InChI is InChI=1S/C22H34N4O3/c1-16-5-6-17(21(10-16)29-19-7-9-27-15-19)11-24-22(23-2)25-12-20-13-26-8-3-4-18(26)14-28-20/h5-6,10,18-20H,3-4,7-9,11-15H2,1-2H3,(H2,23,24,25). The van der Waals surface area contributed by atoms with Crippen molar-refractivity contribution in [3.05, 3.63) is 29.3 Å². The molecule has 3 unspecified atom stereocenters. The molecule has 3 saturated heterocycles. The maximum Gasteiger partial charge on any atom is 0.191 e. The highest BCUT2D eigenvalue weighted by Crippen LogP contribution is 2.24. The van der Waals surface area contributed by atoms with Crippen LogP contribution in [-0.2, 0) is 16.0 Å². The third-order valence-corrected chi connectivity index (χ3v) is 6.03. The molecule has 0 amide bonds. The maximum absolute atomic E-state index is 6.20. The molecule has 0 radical (unpaired) electrons. The van der Waals surface area contributed by atoms with E-state index in [9.17, 15) is 0 Å². The summed E-state index contributed by atoms with van der Waals surface area (Å²) in [6, 6.07) is 6.98. The van der Waals surface area contributed by atoms with Gasteiger partial charge in [-0.25, -0.2) is 0 Å². The minimum absolute atomic E-state index is 0.144. The van der Waals surface area contributed by atoms with Crippen molar-refractivity contribution in [3.8, 4) is 5.75 Å². The zero-order chi connectivity index (χ0) is 20.1. The maximum atomic E-state index is 6.20. The monoisotopic (exact) mass is 402 g/mol. The van der Waals surface area contributed by atoms with E-state index >= 15 is 0 Å². The van der Waals surface area contributed by atoms with Gasteiger partial charge in [0.1, 0.15) is 11.9 Å². The first-order chi connectivity index (χ1) is 14.2. The first kappa shape index (κ1) is 20.4. The highest BCUT2D eigenvalue weighted by molar-refractivity contribution is 5.79. The van der Waals surface area contributed by atoms with Gasteiger partial charge in [-0.2, -0.15) is 0 Å². The summed E-state index contributed by atoms with van der Waals surface area (Å²) >= 11 is 0. The number of hydrogen-bond donors (Lipinski definition) is 2. The van der Waals surface area contributed by atoms with Crippen molar-refractivity contribution < 1.29 is 14.2 Å². The van der Waals surface area contributed by atoms with E-state index in [0.717, 1.165) is 50.0 Å². The number of aliphatic imine (C=N–C) groups is 1. The number of fused-ring (bicyclic) bond motifs is 1. The lowest BCUT2D eigenvalue weighted by Gasteiger charge is -2.35. The summed E-state index contributed by atoms with van der Waals surface area (Å²) in [6.07, 6.45) is 3.88. The molecule has 1 aromatic carbocycles. The first-order valence-corrected chi connectivity index (χ1v) is 10.9. The minimum Gasteiger partial charge on any atom is -0.488 e. The van der Waals surface area contributed by atoms with Crippen LogP contribution in [0.3, 0.4) is 0 Å². The Morgan fingerprint density at radius 1 is 1.28 bits per heavy atom. The van der Waals surface area contributed by atoms with Crippen molar-refractivity contribution in [2.45, 2.75) is 51.0 Å². The van der Waals surface area contributed by atoms with Gasteiger partial charge >= 0.3 is 0 Å². The lowest BCUT2D eigenvalue weighted by atomic mass is 10.1. The Bertz CT molecular complexity index is 705. The topological polar surface area (TPSA) is 67.4 Å². The lowest BCUT2D eigenvalue weighted by Crippen LogP contribution is -2.51. The van der Waals surface area contributed by atoms with Gasteiger partial charge in [-0.05, 0) is 37.9 Å². The third-order valence-electron chi connectivity index (χ3n) is 6.03. The molecule has 3 aliphatic rings. The van der Waals surface area contributed by atoms with Gasteiger partial charge in [0.05, 0.1) is 25.9 Å². The molecule has 1 aromatic rings. The molecule has 0 aliphatic carbocycles. The number of nitrogens with one attached hydrogen (secondary N) is 2. The second kappa shape index (κ2) is 9.78. The average molecular weight is 403 g/mol. The molecule has 7 heteroatoms. The Labute approximate surface area is 173 Å². The van der Waals surface area contributed by atoms with Crippen molar-refractivity contribution in [2.75, 3.05) is 46.5 Å². The van der Waals surface area contributed by atoms with Crippen molar-refractivity contribution >= 4 is 5.96 Å². The van der Waals surface area contributed by atoms with Crippen LogP contribution in [0, 0.1) is 6.92 Å². The summed E-state index contributed by atoms with van der Waals surface area (Å²) < 4.78 is 17.7. The van der Waals surface area contributed by atoms with Crippen LogP contribution in [0.25, 0.3) is 0 Å². The van der Waals surface area contributed by atoms with Gasteiger partial charge in [-0.3, -0.25) is 9.89 Å². The molecular weight excluding hydrogens is 368 g/mol. The molecule has 2 N–H and O–H groups in total.